The van der Waals surface area contributed by atoms with E-state index in [0.29, 0.717) is 0 Å². The van der Waals surface area contributed by atoms with Crippen molar-refractivity contribution in [2.75, 3.05) is 0 Å². The first-order valence-electron chi connectivity index (χ1n) is 4.03. The standard InChI is InChI=1S/C11H18/c1-6-7-10(2)8-9-11(3,4)5/h6-7,9H,1-5H3/b7-6+. The Labute approximate surface area is 70.3 Å². The molecular formula is C11H18. The molecule has 0 spiro atoms. The van der Waals surface area contributed by atoms with Crippen LogP contribution >= 0.6 is 0 Å². The summed E-state index contributed by atoms with van der Waals surface area (Å²) in [4.78, 5) is 0. The summed E-state index contributed by atoms with van der Waals surface area (Å²) < 4.78 is 0. The molecule has 0 heteroatoms. The van der Waals surface area contributed by atoms with E-state index < -0.39 is 0 Å². The zero-order valence-electron chi connectivity index (χ0n) is 8.23. The van der Waals surface area contributed by atoms with Crippen LogP contribution in [-0.4, -0.2) is 0 Å². The Bertz CT molecular complexity index is 193. The minimum absolute atomic E-state index is 0.239. The molecule has 0 heterocycles. The maximum atomic E-state index is 3.23. The number of rotatable bonds is 1. The maximum absolute atomic E-state index is 3.23. The molecule has 0 saturated heterocycles. The molecule has 0 unspecified atom stereocenters. The van der Waals surface area contributed by atoms with Crippen molar-refractivity contribution in [1.29, 1.82) is 0 Å². The van der Waals surface area contributed by atoms with Gasteiger partial charge in [-0.2, -0.15) is 0 Å². The van der Waals surface area contributed by atoms with Gasteiger partial charge in [0.05, 0.1) is 0 Å². The summed E-state index contributed by atoms with van der Waals surface area (Å²) in [7, 11) is 0. The molecule has 0 aromatic heterocycles. The number of hydrogen-bond acceptors (Lipinski definition) is 0. The van der Waals surface area contributed by atoms with Gasteiger partial charge in [-0.05, 0) is 30.9 Å². The SMILES string of the molecule is C/C=C/C(C)=C=CC(C)(C)C. The molecule has 0 fully saturated rings. The highest BCUT2D eigenvalue weighted by atomic mass is 14.1. The van der Waals surface area contributed by atoms with Gasteiger partial charge in [0, 0.05) is 0 Å². The van der Waals surface area contributed by atoms with Gasteiger partial charge in [-0.15, -0.1) is 5.73 Å². The summed E-state index contributed by atoms with van der Waals surface area (Å²) in [6, 6.07) is 0. The van der Waals surface area contributed by atoms with E-state index in [0.717, 1.165) is 0 Å². The third-order valence-corrected chi connectivity index (χ3v) is 1.15. The Morgan fingerprint density at radius 3 is 2.18 bits per heavy atom. The third-order valence-electron chi connectivity index (χ3n) is 1.15. The summed E-state index contributed by atoms with van der Waals surface area (Å²) in [5.74, 6) is 0. The van der Waals surface area contributed by atoms with Crippen molar-refractivity contribution in [3.05, 3.63) is 29.5 Å². The van der Waals surface area contributed by atoms with Gasteiger partial charge in [-0.25, -0.2) is 0 Å². The molecule has 0 aliphatic rings. The van der Waals surface area contributed by atoms with Gasteiger partial charge >= 0.3 is 0 Å². The van der Waals surface area contributed by atoms with Crippen LogP contribution in [0.1, 0.15) is 34.6 Å². The van der Waals surface area contributed by atoms with E-state index in [4.69, 9.17) is 0 Å². The molecule has 0 atom stereocenters. The smallest absolute Gasteiger partial charge is 0.00978 e. The summed E-state index contributed by atoms with van der Waals surface area (Å²) in [5.41, 5.74) is 4.65. The van der Waals surface area contributed by atoms with E-state index in [-0.39, 0.29) is 5.41 Å². The average molecular weight is 150 g/mol. The van der Waals surface area contributed by atoms with Gasteiger partial charge in [-0.3, -0.25) is 0 Å². The van der Waals surface area contributed by atoms with Crippen molar-refractivity contribution in [2.24, 2.45) is 5.41 Å². The van der Waals surface area contributed by atoms with Crippen LogP contribution in [-0.2, 0) is 0 Å². The minimum Gasteiger partial charge on any atom is -0.121 e. The summed E-state index contributed by atoms with van der Waals surface area (Å²) >= 11 is 0. The van der Waals surface area contributed by atoms with E-state index in [9.17, 15) is 0 Å². The zero-order valence-corrected chi connectivity index (χ0v) is 8.23. The maximum Gasteiger partial charge on any atom is -0.00978 e. The molecule has 0 aliphatic carbocycles. The van der Waals surface area contributed by atoms with E-state index in [1.165, 1.54) is 5.57 Å². The molecule has 0 aliphatic heterocycles. The lowest BCUT2D eigenvalue weighted by molar-refractivity contribution is 0.545. The molecule has 0 amide bonds. The lowest BCUT2D eigenvalue weighted by Gasteiger charge is -2.08. The topological polar surface area (TPSA) is 0 Å². The second-order valence-corrected chi connectivity index (χ2v) is 3.84. The highest BCUT2D eigenvalue weighted by molar-refractivity contribution is 5.15. The van der Waals surface area contributed by atoms with Gasteiger partial charge < -0.3 is 0 Å². The number of hydrogen-bond donors (Lipinski definition) is 0. The van der Waals surface area contributed by atoms with Crippen LogP contribution in [0.15, 0.2) is 29.5 Å². The molecule has 0 N–H and O–H groups in total. The van der Waals surface area contributed by atoms with Gasteiger partial charge in [0.25, 0.3) is 0 Å². The van der Waals surface area contributed by atoms with Crippen LogP contribution in [0.5, 0.6) is 0 Å². The lowest BCUT2D eigenvalue weighted by Crippen LogP contribution is -1.97. The fourth-order valence-corrected chi connectivity index (χ4v) is 0.628. The molecule has 11 heavy (non-hydrogen) atoms. The first-order valence-corrected chi connectivity index (χ1v) is 4.03. The van der Waals surface area contributed by atoms with Gasteiger partial charge in [0.15, 0.2) is 0 Å². The van der Waals surface area contributed by atoms with Gasteiger partial charge in [0.1, 0.15) is 0 Å². The average Bonchev–Trinajstić information content (AvgIpc) is 1.83. The van der Waals surface area contributed by atoms with Crippen LogP contribution in [0.2, 0.25) is 0 Å². The zero-order chi connectivity index (χ0) is 8.91. The van der Waals surface area contributed by atoms with Gasteiger partial charge in [0.2, 0.25) is 0 Å². The fraction of sp³-hybridized carbons (Fsp3) is 0.545. The van der Waals surface area contributed by atoms with E-state index in [1.54, 1.807) is 0 Å². The molecule has 0 aromatic rings. The second-order valence-electron chi connectivity index (χ2n) is 3.84. The fourth-order valence-electron chi connectivity index (χ4n) is 0.628. The van der Waals surface area contributed by atoms with E-state index in [1.807, 2.05) is 13.0 Å². The predicted octanol–water partition coefficient (Wildman–Crippen LogP) is 3.71. The van der Waals surface area contributed by atoms with Gasteiger partial charge in [-0.1, -0.05) is 32.9 Å². The molecule has 62 valence electrons. The Morgan fingerprint density at radius 2 is 1.82 bits per heavy atom. The first kappa shape index (κ1) is 10.3. The third kappa shape index (κ3) is 7.15. The van der Waals surface area contributed by atoms with Crippen LogP contribution in [0.4, 0.5) is 0 Å². The van der Waals surface area contributed by atoms with Crippen LogP contribution in [0, 0.1) is 5.41 Å². The molecule has 0 saturated carbocycles. The van der Waals surface area contributed by atoms with Crippen molar-refractivity contribution >= 4 is 0 Å². The van der Waals surface area contributed by atoms with Crippen molar-refractivity contribution in [1.82, 2.24) is 0 Å². The second kappa shape index (κ2) is 4.20. The highest BCUT2D eigenvalue weighted by Crippen LogP contribution is 2.13. The molecule has 0 radical (unpaired) electrons. The molecular weight excluding hydrogens is 132 g/mol. The molecule has 0 nitrogen and oxygen atoms in total. The Balaban J connectivity index is 4.41. The Hall–Kier alpha value is -0.740. The Morgan fingerprint density at radius 1 is 1.27 bits per heavy atom. The van der Waals surface area contributed by atoms with Crippen LogP contribution in [0.25, 0.3) is 0 Å². The minimum atomic E-state index is 0.239. The summed E-state index contributed by atoms with van der Waals surface area (Å²) in [6.07, 6.45) is 6.18. The van der Waals surface area contributed by atoms with Crippen molar-refractivity contribution in [2.45, 2.75) is 34.6 Å². The summed E-state index contributed by atoms with van der Waals surface area (Å²) in [6.45, 7) is 10.6. The first-order chi connectivity index (χ1) is 4.95. The van der Waals surface area contributed by atoms with Crippen molar-refractivity contribution in [3.8, 4) is 0 Å². The summed E-state index contributed by atoms with van der Waals surface area (Å²) in [5, 5.41) is 0. The molecule has 0 rings (SSSR count). The van der Waals surface area contributed by atoms with E-state index in [2.05, 4.69) is 45.6 Å². The molecule has 0 bridgehead atoms. The van der Waals surface area contributed by atoms with Crippen LogP contribution < -0.4 is 0 Å². The monoisotopic (exact) mass is 150 g/mol. The number of allylic oxidation sites excluding steroid dienone is 3. The van der Waals surface area contributed by atoms with Crippen LogP contribution in [0.3, 0.4) is 0 Å². The molecule has 0 aromatic carbocycles. The highest BCUT2D eigenvalue weighted by Gasteiger charge is 2.02. The largest absolute Gasteiger partial charge is 0.121 e. The van der Waals surface area contributed by atoms with E-state index >= 15 is 0 Å². The predicted molar refractivity (Wildman–Crippen MR) is 51.5 cm³/mol. The quantitative estimate of drug-likeness (QED) is 0.395. The lowest BCUT2D eigenvalue weighted by atomic mass is 9.97. The van der Waals surface area contributed by atoms with Crippen molar-refractivity contribution < 1.29 is 0 Å². The van der Waals surface area contributed by atoms with Crippen molar-refractivity contribution in [3.63, 3.8) is 0 Å². The normalized spacial score (nSPS) is 11.4. The Kier molecular flexibility index (Phi) is 3.92.